The molecule has 0 atom stereocenters. The van der Waals surface area contributed by atoms with Crippen molar-refractivity contribution in [2.24, 2.45) is 20.2 Å². The summed E-state index contributed by atoms with van der Waals surface area (Å²) in [7, 11) is 0. The van der Waals surface area contributed by atoms with Crippen molar-refractivity contribution in [2.45, 2.75) is 58.0 Å². The van der Waals surface area contributed by atoms with Crippen LogP contribution in [0.2, 0.25) is 0 Å². The van der Waals surface area contributed by atoms with Gasteiger partial charge in [-0.1, -0.05) is 243 Å². The predicted octanol–water partition coefficient (Wildman–Crippen LogP) is 21.8. The van der Waals surface area contributed by atoms with Crippen molar-refractivity contribution in [1.82, 2.24) is 29.9 Å². The number of hydrogen-bond acceptors (Lipinski definition) is 10. The second kappa shape index (κ2) is 35.4. The van der Waals surface area contributed by atoms with Gasteiger partial charge in [0.15, 0.2) is 0 Å². The minimum Gasteiger partial charge on any atom is -0.288 e. The van der Waals surface area contributed by atoms with Gasteiger partial charge in [-0.3, -0.25) is 39.9 Å². The van der Waals surface area contributed by atoms with E-state index in [-0.39, 0.29) is 0 Å². The molecule has 3 aliphatic heterocycles. The molecule has 0 bridgehead atoms. The van der Waals surface area contributed by atoms with Crippen molar-refractivity contribution in [3.8, 4) is 0 Å². The standard InChI is InChI=1S/4C14H11N.4C8H7N.C7H6N2/c1-2-5-13-10-14-12(6-3-9-15-14)8-7-11(13)4-1;1-2-5-12-10-13-6-3-9-15-14(13)8-7-11(12)4-1;1-2-4-13-9-14-10-15-8-7-12(14)6-5-11(13)3-1;1-2-4-12-9-13-7-8-15-10-14(13)6-5-11(12)3-1;1-3-7-4-2-6-9-8(7)5-1;1-2-7-4-5-9-6-8(7)3-1;1-2-4-8-6-9-5-7(8)3-1;1-2-4-8-7(3-1)5-6-9-8;1-2-4-7-6(3-1)5-8-9-7/h2*1-9H,10H2;2*1-8,10H,9H2;1-4,6H,5H2;1-2,4-6H,3H2;1-5H,6H2;1-4,6H,5H2;1-4H,5H2. The van der Waals surface area contributed by atoms with Gasteiger partial charge in [0.2, 0.25) is 0 Å². The molecule has 0 spiro atoms. The van der Waals surface area contributed by atoms with E-state index in [1.807, 2.05) is 141 Å². The molecule has 0 amide bonds. The molecule has 6 aliphatic carbocycles. The van der Waals surface area contributed by atoms with Gasteiger partial charge in [-0.15, -0.1) is 0 Å². The van der Waals surface area contributed by atoms with Crippen LogP contribution in [0, 0.1) is 0 Å². The Hall–Kier alpha value is -13.2. The van der Waals surface area contributed by atoms with Gasteiger partial charge < -0.3 is 0 Å². The molecule has 0 fully saturated rings. The minimum atomic E-state index is 0.760. The maximum Gasteiger partial charge on any atom is 0.0904 e. The van der Waals surface area contributed by atoms with E-state index in [2.05, 4.69) is 275 Å². The third-order valence-electron chi connectivity index (χ3n) is 18.8. The summed E-state index contributed by atoms with van der Waals surface area (Å²) >= 11 is 0. The fourth-order valence-corrected chi connectivity index (χ4v) is 13.1. The van der Waals surface area contributed by atoms with Gasteiger partial charge in [-0.2, -0.15) is 10.2 Å². The Balaban J connectivity index is 0.000000100. The monoisotopic (exact) mass is 1360 g/mol. The second-order valence-electron chi connectivity index (χ2n) is 25.7. The number of aromatic nitrogens is 6. The number of azo groups is 1. The molecule has 10 nitrogen and oxygen atoms in total. The van der Waals surface area contributed by atoms with E-state index in [0.29, 0.717) is 0 Å². The lowest BCUT2D eigenvalue weighted by atomic mass is 10.0. The molecule has 508 valence electrons. The fourth-order valence-electron chi connectivity index (χ4n) is 13.1. The van der Waals surface area contributed by atoms with Crippen LogP contribution in [0.3, 0.4) is 0 Å². The third kappa shape index (κ3) is 18.7. The topological polar surface area (TPSA) is 127 Å². The van der Waals surface area contributed by atoms with E-state index in [4.69, 9.17) is 0 Å². The smallest absolute Gasteiger partial charge is 0.0904 e. The van der Waals surface area contributed by atoms with E-state index in [1.54, 1.807) is 0 Å². The SMILES string of the molecule is C1=Cc2cccnc2C1.C1=Cc2cccnc2Cc2ccccc21.C1=Cc2ccncc2C1.C1=Cc2ccncc2Cc2ccccc21.C1=Cc2cnccc2Cc2ccccc21.C1=Cc2ncccc2Cc2ccccc21.C1=NCc2ccccc21.C1=Nc2ccccc2C1.c1ccc2c(c1)CN=N2. The number of para-hydroxylation sites is 1. The fraction of sp³-hybridized carbons (Fsp3) is 0.0947. The van der Waals surface area contributed by atoms with E-state index in [1.165, 1.54) is 128 Å². The van der Waals surface area contributed by atoms with Crippen molar-refractivity contribution in [2.75, 3.05) is 0 Å². The first kappa shape index (κ1) is 68.9. The van der Waals surface area contributed by atoms with Crippen molar-refractivity contribution < 1.29 is 0 Å². The highest BCUT2D eigenvalue weighted by molar-refractivity contribution is 5.84. The van der Waals surface area contributed by atoms with Gasteiger partial charge in [0.05, 0.1) is 41.5 Å². The third-order valence-corrected chi connectivity index (χ3v) is 18.8. The van der Waals surface area contributed by atoms with Gasteiger partial charge in [0, 0.05) is 106 Å². The van der Waals surface area contributed by atoms with Gasteiger partial charge in [0.25, 0.3) is 0 Å². The quantitative estimate of drug-likeness (QED) is 0.149. The van der Waals surface area contributed by atoms with Crippen LogP contribution in [0.25, 0.3) is 60.8 Å². The number of nitrogens with zero attached hydrogens (tertiary/aromatic N) is 10. The Morgan fingerprint density at radius 2 is 0.695 bits per heavy atom. The molecule has 6 aromatic heterocycles. The molecule has 9 heterocycles. The number of fused-ring (bicyclic) bond motifs is 13. The molecular formula is C95H78N10. The highest BCUT2D eigenvalue weighted by atomic mass is 15.1. The number of rotatable bonds is 0. The Morgan fingerprint density at radius 1 is 0.248 bits per heavy atom. The summed E-state index contributed by atoms with van der Waals surface area (Å²) in [5.74, 6) is 0. The summed E-state index contributed by atoms with van der Waals surface area (Å²) in [5.41, 5.74) is 33.2. The maximum atomic E-state index is 4.43. The summed E-state index contributed by atoms with van der Waals surface area (Å²) in [6.07, 6.45) is 53.5. The molecular weight excluding hydrogens is 1280 g/mol. The molecule has 105 heavy (non-hydrogen) atoms. The second-order valence-corrected chi connectivity index (χ2v) is 25.7. The summed E-state index contributed by atoms with van der Waals surface area (Å²) in [6.45, 7) is 1.63. The van der Waals surface area contributed by atoms with Crippen LogP contribution in [-0.2, 0) is 58.0 Å². The van der Waals surface area contributed by atoms with Crippen LogP contribution in [0.1, 0.15) is 134 Å². The molecule has 22 rings (SSSR count). The largest absolute Gasteiger partial charge is 0.288 e. The average Bonchev–Trinajstić information content (AvgIpc) is 1.73. The van der Waals surface area contributed by atoms with Gasteiger partial charge in [-0.05, 0) is 179 Å². The van der Waals surface area contributed by atoms with Crippen LogP contribution in [0.5, 0.6) is 0 Å². The van der Waals surface area contributed by atoms with Crippen LogP contribution >= 0.6 is 0 Å². The first-order valence-corrected chi connectivity index (χ1v) is 35.7. The normalized spacial score (nSPS) is 13.2. The average molecular weight is 1360 g/mol. The van der Waals surface area contributed by atoms with Gasteiger partial charge in [-0.25, -0.2) is 0 Å². The number of allylic oxidation sites excluding steroid dienone is 2. The summed E-state index contributed by atoms with van der Waals surface area (Å²) < 4.78 is 0. The number of aliphatic imine (C=N–C) groups is 2. The Kier molecular flexibility index (Phi) is 23.3. The summed E-state index contributed by atoms with van der Waals surface area (Å²) in [5, 5.41) is 7.80. The number of hydrogen-bond donors (Lipinski definition) is 0. The van der Waals surface area contributed by atoms with E-state index in [9.17, 15) is 0 Å². The lowest BCUT2D eigenvalue weighted by Crippen LogP contribution is -1.94. The molecule has 13 aromatic rings. The molecule has 0 radical (unpaired) electrons. The van der Waals surface area contributed by atoms with Crippen LogP contribution in [0.4, 0.5) is 11.4 Å². The molecule has 0 saturated heterocycles. The zero-order chi connectivity index (χ0) is 70.9. The number of benzene rings is 7. The molecule has 0 unspecified atom stereocenters. The summed E-state index contributed by atoms with van der Waals surface area (Å²) in [6, 6.07) is 77.1. The van der Waals surface area contributed by atoms with Crippen molar-refractivity contribution in [3.63, 3.8) is 0 Å². The van der Waals surface area contributed by atoms with Crippen molar-refractivity contribution in [3.05, 3.63) is 426 Å². The highest BCUT2D eigenvalue weighted by Gasteiger charge is 2.14. The zero-order valence-corrected chi connectivity index (χ0v) is 58.5. The molecule has 10 heteroatoms. The van der Waals surface area contributed by atoms with Crippen molar-refractivity contribution >= 4 is 84.6 Å². The number of pyridine rings is 6. The van der Waals surface area contributed by atoms with Crippen molar-refractivity contribution in [1.29, 1.82) is 0 Å². The Labute approximate surface area is 615 Å². The molecule has 9 aliphatic rings. The maximum absolute atomic E-state index is 4.43. The first-order valence-electron chi connectivity index (χ1n) is 35.7. The van der Waals surface area contributed by atoms with E-state index < -0.39 is 0 Å². The minimum absolute atomic E-state index is 0.760. The highest BCUT2D eigenvalue weighted by Crippen LogP contribution is 2.30. The van der Waals surface area contributed by atoms with E-state index in [0.717, 1.165) is 75.1 Å². The van der Waals surface area contributed by atoms with E-state index >= 15 is 0 Å². The zero-order valence-electron chi connectivity index (χ0n) is 58.5. The molecule has 0 saturated carbocycles. The lowest BCUT2D eigenvalue weighted by molar-refractivity contribution is 1.04. The molecule has 7 aromatic carbocycles. The molecule has 0 N–H and O–H groups in total. The Bertz CT molecular complexity index is 4550. The lowest BCUT2D eigenvalue weighted by Gasteiger charge is -2.04. The van der Waals surface area contributed by atoms with Gasteiger partial charge >= 0.3 is 0 Å². The Morgan fingerprint density at radius 3 is 1.35 bits per heavy atom. The van der Waals surface area contributed by atoms with Gasteiger partial charge in [0.1, 0.15) is 0 Å². The van der Waals surface area contributed by atoms with Crippen LogP contribution < -0.4 is 0 Å². The predicted molar refractivity (Wildman–Crippen MR) is 434 cm³/mol. The van der Waals surface area contributed by atoms with Crippen LogP contribution in [-0.4, -0.2) is 42.3 Å². The first-order chi connectivity index (χ1) is 52.1. The van der Waals surface area contributed by atoms with Crippen LogP contribution in [0.15, 0.2) is 313 Å². The summed E-state index contributed by atoms with van der Waals surface area (Å²) in [4.78, 5) is 33.6.